The fourth-order valence-electron chi connectivity index (χ4n) is 5.24. The van der Waals surface area contributed by atoms with Crippen LogP contribution in [0.1, 0.15) is 23.5 Å². The summed E-state index contributed by atoms with van der Waals surface area (Å²) in [6, 6.07) is 14.3. The summed E-state index contributed by atoms with van der Waals surface area (Å²) < 4.78 is 11.0. The second-order valence-corrected chi connectivity index (χ2v) is 8.95. The highest BCUT2D eigenvalue weighted by atomic mass is 16.5. The number of β-amino-alcohol motifs (C(OH)–C–C–N with tert-alkyl or cyclic N) is 1. The molecule has 1 aliphatic carbocycles. The lowest BCUT2D eigenvalue weighted by Crippen LogP contribution is -2.50. The average molecular weight is 466 g/mol. The van der Waals surface area contributed by atoms with Crippen molar-refractivity contribution in [3.63, 3.8) is 0 Å². The van der Waals surface area contributed by atoms with Crippen molar-refractivity contribution in [2.75, 3.05) is 26.4 Å². The molecule has 0 aromatic heterocycles. The topological polar surface area (TPSA) is 125 Å². The molecule has 5 rings (SSSR count). The normalized spacial score (nSPS) is 25.6. The third-order valence-corrected chi connectivity index (χ3v) is 6.89. The minimum Gasteiger partial charge on any atom is -0.480 e. The molecule has 3 N–H and O–H groups in total. The Morgan fingerprint density at radius 2 is 1.68 bits per heavy atom. The summed E-state index contributed by atoms with van der Waals surface area (Å²) in [4.78, 5) is 38.3. The van der Waals surface area contributed by atoms with E-state index in [1.807, 2.05) is 36.4 Å². The molecule has 3 aliphatic rings. The molecule has 2 aromatic rings. The number of nitrogens with one attached hydrogen (secondary N) is 1. The second-order valence-electron chi connectivity index (χ2n) is 8.95. The third-order valence-electron chi connectivity index (χ3n) is 6.89. The molecule has 9 nitrogen and oxygen atoms in total. The van der Waals surface area contributed by atoms with E-state index in [2.05, 4.69) is 17.4 Å². The first-order valence-corrected chi connectivity index (χ1v) is 11.3. The second kappa shape index (κ2) is 9.08. The fourth-order valence-corrected chi connectivity index (χ4v) is 5.24. The van der Waals surface area contributed by atoms with Gasteiger partial charge in [-0.15, -0.1) is 0 Å². The molecule has 0 spiro atoms. The van der Waals surface area contributed by atoms with Crippen LogP contribution in [0.3, 0.4) is 0 Å². The number of carboxylic acids is 1. The number of hydrogen-bond acceptors (Lipinski definition) is 6. The van der Waals surface area contributed by atoms with Crippen LogP contribution in [0.2, 0.25) is 0 Å². The van der Waals surface area contributed by atoms with Gasteiger partial charge in [-0.25, -0.2) is 9.59 Å². The fraction of sp³-hybridized carbons (Fsp3) is 0.400. The van der Waals surface area contributed by atoms with Crippen molar-refractivity contribution >= 4 is 18.0 Å². The van der Waals surface area contributed by atoms with Gasteiger partial charge in [0.1, 0.15) is 12.6 Å². The summed E-state index contributed by atoms with van der Waals surface area (Å²) in [6.45, 7) is 0.274. The van der Waals surface area contributed by atoms with Crippen LogP contribution in [0.4, 0.5) is 4.79 Å². The number of ether oxygens (including phenoxy) is 2. The van der Waals surface area contributed by atoms with Crippen LogP contribution in [0.15, 0.2) is 48.5 Å². The van der Waals surface area contributed by atoms with Gasteiger partial charge >= 0.3 is 12.1 Å². The maximum Gasteiger partial charge on any atom is 0.407 e. The number of aliphatic hydroxyl groups is 1. The molecule has 2 fully saturated rings. The lowest BCUT2D eigenvalue weighted by molar-refractivity contribution is -0.150. The van der Waals surface area contributed by atoms with Crippen molar-refractivity contribution < 1.29 is 34.1 Å². The van der Waals surface area contributed by atoms with Crippen LogP contribution < -0.4 is 5.32 Å². The Hall–Kier alpha value is -3.43. The van der Waals surface area contributed by atoms with E-state index in [0.717, 1.165) is 22.3 Å². The van der Waals surface area contributed by atoms with Crippen LogP contribution in [-0.2, 0) is 19.1 Å². The monoisotopic (exact) mass is 466 g/mol. The van der Waals surface area contributed by atoms with E-state index in [-0.39, 0.29) is 38.7 Å². The molecule has 2 unspecified atom stereocenters. The highest BCUT2D eigenvalue weighted by Crippen LogP contribution is 2.44. The molecule has 9 heteroatoms. The van der Waals surface area contributed by atoms with E-state index in [9.17, 15) is 24.6 Å². The number of alkyl carbamates (subject to hydrolysis) is 1. The summed E-state index contributed by atoms with van der Waals surface area (Å²) in [5.74, 6) is -2.44. The number of fused-ring (bicyclic) bond motifs is 3. The number of nitrogens with zero attached hydrogens (tertiary/aromatic N) is 1. The molecular weight excluding hydrogens is 440 g/mol. The molecule has 2 aromatic carbocycles. The Morgan fingerprint density at radius 1 is 1.03 bits per heavy atom. The van der Waals surface area contributed by atoms with Crippen molar-refractivity contribution in [1.29, 1.82) is 0 Å². The standard InChI is InChI=1S/C25H26N2O7/c28-14-9-22(24(30)31)27(10-14)23(29)20-11-33-13-21(20)26-25(32)34-12-19-17-7-3-1-5-15(17)16-6-2-4-8-18(16)19/h1-8,14,19-22,28H,9-13H2,(H,26,32)(H,30,31)/t14-,20?,21?,22-/m1/s1. The van der Waals surface area contributed by atoms with Gasteiger partial charge in [0.2, 0.25) is 5.91 Å². The van der Waals surface area contributed by atoms with Crippen LogP contribution in [0, 0.1) is 5.92 Å². The van der Waals surface area contributed by atoms with Crippen LogP contribution in [-0.4, -0.2) is 77.6 Å². The van der Waals surface area contributed by atoms with E-state index in [0.29, 0.717) is 0 Å². The maximum absolute atomic E-state index is 13.0. The number of aliphatic carboxylic acids is 1. The Balaban J connectivity index is 1.23. The first-order chi connectivity index (χ1) is 16.4. The van der Waals surface area contributed by atoms with Gasteiger partial charge in [0.15, 0.2) is 0 Å². The van der Waals surface area contributed by atoms with Crippen molar-refractivity contribution in [2.45, 2.75) is 30.5 Å². The van der Waals surface area contributed by atoms with Gasteiger partial charge in [-0.05, 0) is 22.3 Å². The number of rotatable bonds is 5. The average Bonchev–Trinajstić information content (AvgIpc) is 3.53. The van der Waals surface area contributed by atoms with Gasteiger partial charge < -0.3 is 29.9 Å². The highest BCUT2D eigenvalue weighted by Gasteiger charge is 2.45. The molecule has 2 aliphatic heterocycles. The zero-order valence-corrected chi connectivity index (χ0v) is 18.4. The molecule has 34 heavy (non-hydrogen) atoms. The Morgan fingerprint density at radius 3 is 2.32 bits per heavy atom. The van der Waals surface area contributed by atoms with Gasteiger partial charge in [-0.1, -0.05) is 48.5 Å². The smallest absolute Gasteiger partial charge is 0.407 e. The molecule has 0 bridgehead atoms. The molecule has 178 valence electrons. The third kappa shape index (κ3) is 4.01. The van der Waals surface area contributed by atoms with Crippen LogP contribution in [0.25, 0.3) is 11.1 Å². The number of carbonyl (C=O) groups is 3. The molecule has 2 amide bonds. The number of carbonyl (C=O) groups excluding carboxylic acids is 2. The first kappa shape index (κ1) is 22.4. The number of benzene rings is 2. The maximum atomic E-state index is 13.0. The first-order valence-electron chi connectivity index (χ1n) is 11.3. The van der Waals surface area contributed by atoms with Gasteiger partial charge in [-0.2, -0.15) is 0 Å². The van der Waals surface area contributed by atoms with Crippen molar-refractivity contribution in [3.8, 4) is 11.1 Å². The van der Waals surface area contributed by atoms with E-state index in [1.54, 1.807) is 0 Å². The summed E-state index contributed by atoms with van der Waals surface area (Å²) in [6.07, 6.45) is -1.56. The quantitative estimate of drug-likeness (QED) is 0.611. The molecule has 0 radical (unpaired) electrons. The zero-order valence-electron chi connectivity index (χ0n) is 18.4. The molecule has 2 heterocycles. The van der Waals surface area contributed by atoms with E-state index in [4.69, 9.17) is 9.47 Å². The summed E-state index contributed by atoms with van der Waals surface area (Å²) in [5.41, 5.74) is 4.45. The lowest BCUT2D eigenvalue weighted by atomic mass is 9.98. The Labute approximate surface area is 196 Å². The number of aliphatic hydroxyl groups excluding tert-OH is 1. The SMILES string of the molecule is O=C(NC1COCC1C(=O)N1C[C@H](O)C[C@@H]1C(=O)O)OCC1c2ccccc2-c2ccccc21. The molecule has 4 atom stereocenters. The van der Waals surface area contributed by atoms with Gasteiger partial charge in [0, 0.05) is 18.9 Å². The van der Waals surface area contributed by atoms with E-state index in [1.165, 1.54) is 4.90 Å². The highest BCUT2D eigenvalue weighted by molar-refractivity contribution is 5.87. The number of amides is 2. The minimum absolute atomic E-state index is 0.0148. The lowest BCUT2D eigenvalue weighted by Gasteiger charge is -2.27. The van der Waals surface area contributed by atoms with Crippen molar-refractivity contribution in [2.24, 2.45) is 5.92 Å². The summed E-state index contributed by atoms with van der Waals surface area (Å²) in [5, 5.41) is 22.0. The Kier molecular flexibility index (Phi) is 5.97. The van der Waals surface area contributed by atoms with Crippen molar-refractivity contribution in [3.05, 3.63) is 59.7 Å². The van der Waals surface area contributed by atoms with Crippen LogP contribution in [0.5, 0.6) is 0 Å². The van der Waals surface area contributed by atoms with Crippen molar-refractivity contribution in [1.82, 2.24) is 10.2 Å². The van der Waals surface area contributed by atoms with Crippen LogP contribution >= 0.6 is 0 Å². The number of carboxylic acid groups (broad SMARTS) is 1. The predicted molar refractivity (Wildman–Crippen MR) is 120 cm³/mol. The number of likely N-dealkylation sites (tertiary alicyclic amines) is 1. The summed E-state index contributed by atoms with van der Waals surface area (Å²) >= 11 is 0. The zero-order chi connectivity index (χ0) is 23.8. The molecule has 2 saturated heterocycles. The largest absolute Gasteiger partial charge is 0.480 e. The van der Waals surface area contributed by atoms with Gasteiger partial charge in [0.25, 0.3) is 0 Å². The summed E-state index contributed by atoms with van der Waals surface area (Å²) in [7, 11) is 0. The predicted octanol–water partition coefficient (Wildman–Crippen LogP) is 1.59. The Bertz CT molecular complexity index is 1070. The minimum atomic E-state index is -1.16. The van der Waals surface area contributed by atoms with E-state index >= 15 is 0 Å². The van der Waals surface area contributed by atoms with Gasteiger partial charge in [0.05, 0.1) is 31.3 Å². The molecular formula is C25H26N2O7. The number of hydrogen-bond donors (Lipinski definition) is 3. The van der Waals surface area contributed by atoms with E-state index < -0.39 is 42.1 Å². The molecule has 0 saturated carbocycles. The van der Waals surface area contributed by atoms with Gasteiger partial charge in [-0.3, -0.25) is 4.79 Å².